The van der Waals surface area contributed by atoms with Crippen molar-refractivity contribution < 1.29 is 40.5 Å². The van der Waals surface area contributed by atoms with Gasteiger partial charge in [0, 0.05) is 18.2 Å². The third-order valence-corrected chi connectivity index (χ3v) is 6.69. The summed E-state index contributed by atoms with van der Waals surface area (Å²) in [6.45, 7) is -0.729. The van der Waals surface area contributed by atoms with E-state index in [4.69, 9.17) is 34.8 Å². The normalized spacial score (nSPS) is 13.2. The Morgan fingerprint density at radius 1 is 1.05 bits per heavy atom. The summed E-state index contributed by atoms with van der Waals surface area (Å²) in [5, 5.41) is 9.76. The zero-order chi connectivity index (χ0) is 30.9. The molecule has 41 heavy (non-hydrogen) atoms. The van der Waals surface area contributed by atoms with Crippen molar-refractivity contribution in [1.29, 1.82) is 0 Å². The van der Waals surface area contributed by atoms with E-state index in [1.807, 2.05) is 0 Å². The molecule has 2 aromatic carbocycles. The van der Waals surface area contributed by atoms with Crippen LogP contribution in [0.3, 0.4) is 0 Å². The van der Waals surface area contributed by atoms with Crippen LogP contribution in [-0.4, -0.2) is 40.4 Å². The summed E-state index contributed by atoms with van der Waals surface area (Å²) in [6, 6.07) is 3.14. The lowest BCUT2D eigenvalue weighted by Crippen LogP contribution is -2.28. The highest BCUT2D eigenvalue weighted by molar-refractivity contribution is 6.48. The van der Waals surface area contributed by atoms with Crippen molar-refractivity contribution in [3.63, 3.8) is 0 Å². The molecule has 17 heteroatoms. The number of nitrogens with zero attached hydrogens (tertiary/aromatic N) is 4. The molecule has 0 N–H and O–H groups in total. The van der Waals surface area contributed by atoms with Gasteiger partial charge in [-0.15, -0.1) is 0 Å². The highest BCUT2D eigenvalue weighted by Crippen LogP contribution is 2.43. The Kier molecular flexibility index (Phi) is 9.51. The molecule has 1 heterocycles. The summed E-state index contributed by atoms with van der Waals surface area (Å²) in [7, 11) is 1.23. The van der Waals surface area contributed by atoms with Crippen LogP contribution in [0.15, 0.2) is 48.8 Å². The van der Waals surface area contributed by atoms with Gasteiger partial charge in [-0.3, -0.25) is 14.9 Å². The van der Waals surface area contributed by atoms with Gasteiger partial charge in [0.2, 0.25) is 5.95 Å². The Hall–Kier alpha value is -3.49. The van der Waals surface area contributed by atoms with E-state index in [1.54, 1.807) is 0 Å². The van der Waals surface area contributed by atoms with Crippen molar-refractivity contribution >= 4 is 58.0 Å². The van der Waals surface area contributed by atoms with E-state index < -0.39 is 69.3 Å². The fourth-order valence-electron chi connectivity index (χ4n) is 3.52. The number of benzene rings is 2. The predicted octanol–water partition coefficient (Wildman–Crippen LogP) is 8.34. The first-order valence-corrected chi connectivity index (χ1v) is 12.0. The number of alkyl halides is 6. The molecular weight excluding hydrogens is 632 g/mol. The minimum Gasteiger partial charge on any atom is -0.336 e. The molecular formula is C24H14Cl3F7N4O3. The molecule has 0 amide bonds. The molecule has 218 valence electrons. The van der Waals surface area contributed by atoms with Gasteiger partial charge in [-0.25, -0.2) is 14.4 Å². The number of halogens is 10. The van der Waals surface area contributed by atoms with Crippen LogP contribution in [0.25, 0.3) is 5.83 Å². The lowest BCUT2D eigenvalue weighted by atomic mass is 9.95. The quantitative estimate of drug-likeness (QED) is 0.0805. The van der Waals surface area contributed by atoms with E-state index in [0.717, 1.165) is 29.4 Å². The summed E-state index contributed by atoms with van der Waals surface area (Å²) in [4.78, 5) is 31.0. The van der Waals surface area contributed by atoms with Crippen molar-refractivity contribution in [3.05, 3.63) is 96.2 Å². The average molecular weight is 646 g/mol. The number of hydrogen-bond donors (Lipinski definition) is 0. The fraction of sp³-hybridized carbons (Fsp3) is 0.208. The largest absolute Gasteiger partial charge is 0.417 e. The van der Waals surface area contributed by atoms with Crippen molar-refractivity contribution in [2.45, 2.75) is 18.3 Å². The Morgan fingerprint density at radius 3 is 2.10 bits per heavy atom. The molecule has 3 rings (SSSR count). The molecule has 0 radical (unpaired) electrons. The Morgan fingerprint density at radius 2 is 1.61 bits per heavy atom. The molecule has 1 aromatic heterocycles. The molecule has 0 aliphatic rings. The second-order valence-electron chi connectivity index (χ2n) is 8.37. The van der Waals surface area contributed by atoms with Gasteiger partial charge in [-0.1, -0.05) is 46.9 Å². The summed E-state index contributed by atoms with van der Waals surface area (Å²) in [6.07, 6.45) is -8.61. The van der Waals surface area contributed by atoms with E-state index in [0.29, 0.717) is 12.1 Å². The SMILES string of the molecule is CN(CC(=O)c1ccc(/C(F)=C/C(c2cc(Cl)c(Cl)c(Cl)c2)C(F)(F)F)cc1C(F)(F)F)c1ncc([N+](=O)[O-])cn1. The number of hydrogen-bond acceptors (Lipinski definition) is 6. The van der Waals surface area contributed by atoms with Gasteiger partial charge in [0.25, 0.3) is 0 Å². The minimum absolute atomic E-state index is 0.0482. The van der Waals surface area contributed by atoms with Gasteiger partial charge in [0.1, 0.15) is 24.1 Å². The molecule has 1 unspecified atom stereocenters. The van der Waals surface area contributed by atoms with Gasteiger partial charge in [-0.05, 0) is 29.8 Å². The van der Waals surface area contributed by atoms with E-state index in [1.165, 1.54) is 7.05 Å². The predicted molar refractivity (Wildman–Crippen MR) is 137 cm³/mol. The average Bonchev–Trinajstić information content (AvgIpc) is 2.88. The molecule has 0 saturated carbocycles. The zero-order valence-corrected chi connectivity index (χ0v) is 22.5. The number of anilines is 1. The number of ketones is 1. The number of rotatable bonds is 8. The monoisotopic (exact) mass is 644 g/mol. The number of allylic oxidation sites excluding steroid dienone is 1. The lowest BCUT2D eigenvalue weighted by Gasteiger charge is -2.20. The first-order valence-electron chi connectivity index (χ1n) is 10.9. The topological polar surface area (TPSA) is 89.2 Å². The van der Waals surface area contributed by atoms with Crippen molar-refractivity contribution in [1.82, 2.24) is 9.97 Å². The van der Waals surface area contributed by atoms with Crippen molar-refractivity contribution in [2.75, 3.05) is 18.5 Å². The minimum atomic E-state index is -5.20. The zero-order valence-electron chi connectivity index (χ0n) is 20.2. The van der Waals surface area contributed by atoms with Crippen LogP contribution in [0.2, 0.25) is 15.1 Å². The number of carbonyl (C=O) groups excluding carboxylic acids is 1. The molecule has 0 aliphatic heterocycles. The summed E-state index contributed by atoms with van der Waals surface area (Å²) in [5.41, 5.74) is -4.49. The number of nitro groups is 1. The smallest absolute Gasteiger partial charge is 0.336 e. The van der Waals surface area contributed by atoms with Gasteiger partial charge < -0.3 is 4.90 Å². The summed E-state index contributed by atoms with van der Waals surface area (Å²) >= 11 is 17.3. The van der Waals surface area contributed by atoms with Crippen LogP contribution < -0.4 is 4.90 Å². The standard InChI is InChI=1S/C24H14Cl3F7N4O3/c1-37(22-35-8-13(9-36-22)38(40)41)10-20(39)14-3-2-11(4-16(14)24(32,33)34)19(28)7-15(23(29,30)31)12-5-17(25)21(27)18(26)6-12/h2-9,15H,10H2,1H3/b19-7-. The molecule has 3 aromatic rings. The molecule has 1 atom stereocenters. The van der Waals surface area contributed by atoms with Crippen LogP contribution in [0, 0.1) is 10.1 Å². The van der Waals surface area contributed by atoms with Crippen LogP contribution in [-0.2, 0) is 6.18 Å². The number of likely N-dealkylation sites (N-methyl/N-ethyl adjacent to an activating group) is 1. The third kappa shape index (κ3) is 7.63. The second-order valence-corrected chi connectivity index (χ2v) is 9.56. The highest BCUT2D eigenvalue weighted by atomic mass is 35.5. The maximum absolute atomic E-state index is 15.0. The van der Waals surface area contributed by atoms with Crippen molar-refractivity contribution in [2.24, 2.45) is 0 Å². The van der Waals surface area contributed by atoms with Gasteiger partial charge in [0.15, 0.2) is 5.78 Å². The van der Waals surface area contributed by atoms with E-state index in [2.05, 4.69) is 9.97 Å². The Balaban J connectivity index is 1.98. The maximum Gasteiger partial charge on any atom is 0.417 e. The third-order valence-electron chi connectivity index (χ3n) is 5.49. The van der Waals surface area contributed by atoms with Gasteiger partial charge in [0.05, 0.1) is 32.1 Å². The molecule has 0 aliphatic carbocycles. The first kappa shape index (κ1) is 32.0. The maximum atomic E-state index is 15.0. The highest BCUT2D eigenvalue weighted by Gasteiger charge is 2.41. The molecule has 0 saturated heterocycles. The van der Waals surface area contributed by atoms with Crippen LogP contribution in [0.1, 0.15) is 33.0 Å². The van der Waals surface area contributed by atoms with Crippen LogP contribution in [0.5, 0.6) is 0 Å². The Labute approximate surface area is 241 Å². The Bertz CT molecular complexity index is 1490. The number of aromatic nitrogens is 2. The van der Waals surface area contributed by atoms with Crippen LogP contribution in [0.4, 0.5) is 42.4 Å². The number of carbonyl (C=O) groups is 1. The molecule has 7 nitrogen and oxygen atoms in total. The first-order chi connectivity index (χ1) is 18.9. The second kappa shape index (κ2) is 12.2. The van der Waals surface area contributed by atoms with Gasteiger partial charge in [-0.2, -0.15) is 26.3 Å². The molecule has 0 fully saturated rings. The van der Waals surface area contributed by atoms with E-state index >= 15 is 4.39 Å². The van der Waals surface area contributed by atoms with E-state index in [-0.39, 0.29) is 33.2 Å². The van der Waals surface area contributed by atoms with E-state index in [9.17, 15) is 41.3 Å². The van der Waals surface area contributed by atoms with Crippen LogP contribution >= 0.6 is 34.8 Å². The summed E-state index contributed by atoms with van der Waals surface area (Å²) < 4.78 is 98.0. The molecule has 0 spiro atoms. The fourth-order valence-corrected chi connectivity index (χ4v) is 4.14. The lowest BCUT2D eigenvalue weighted by molar-refractivity contribution is -0.385. The number of Topliss-reactive ketones (excluding diaryl/α,β-unsaturated/α-hetero) is 1. The van der Waals surface area contributed by atoms with Gasteiger partial charge >= 0.3 is 18.0 Å². The molecule has 0 bridgehead atoms. The summed E-state index contributed by atoms with van der Waals surface area (Å²) in [5.74, 6) is -5.68. The van der Waals surface area contributed by atoms with Crippen molar-refractivity contribution in [3.8, 4) is 0 Å².